The lowest BCUT2D eigenvalue weighted by molar-refractivity contribution is 0.263. The Morgan fingerprint density at radius 2 is 1.93 bits per heavy atom. The van der Waals surface area contributed by atoms with E-state index in [1.54, 1.807) is 0 Å². The predicted molar refractivity (Wildman–Crippen MR) is 64.0 cm³/mol. The van der Waals surface area contributed by atoms with Crippen molar-refractivity contribution < 1.29 is 5.11 Å². The fourth-order valence-electron chi connectivity index (χ4n) is 1.46. The van der Waals surface area contributed by atoms with Crippen LogP contribution in [-0.2, 0) is 0 Å². The highest BCUT2D eigenvalue weighted by molar-refractivity contribution is 7.98. The first kappa shape index (κ1) is 11.6. The molecule has 0 heterocycles. The highest BCUT2D eigenvalue weighted by Gasteiger charge is 2.08. The van der Waals surface area contributed by atoms with Crippen LogP contribution in [0.1, 0.15) is 23.5 Å². The molecule has 14 heavy (non-hydrogen) atoms. The summed E-state index contributed by atoms with van der Waals surface area (Å²) in [5, 5.41) is 9.27. The summed E-state index contributed by atoms with van der Waals surface area (Å²) in [6, 6.07) is 8.46. The summed E-state index contributed by atoms with van der Waals surface area (Å²) >= 11 is 1.83. The van der Waals surface area contributed by atoms with Crippen LogP contribution in [-0.4, -0.2) is 23.7 Å². The van der Waals surface area contributed by atoms with Gasteiger partial charge in [-0.1, -0.05) is 29.8 Å². The van der Waals surface area contributed by atoms with Gasteiger partial charge < -0.3 is 5.11 Å². The molecule has 0 saturated heterocycles. The van der Waals surface area contributed by atoms with Gasteiger partial charge in [0.15, 0.2) is 0 Å². The zero-order valence-corrected chi connectivity index (χ0v) is 9.68. The molecule has 1 nitrogen and oxygen atoms in total. The summed E-state index contributed by atoms with van der Waals surface area (Å²) in [5.74, 6) is 1.42. The Labute approximate surface area is 90.5 Å². The second-order valence-electron chi connectivity index (χ2n) is 3.57. The summed E-state index contributed by atoms with van der Waals surface area (Å²) in [6.45, 7) is 2.34. The fraction of sp³-hybridized carbons (Fsp3) is 0.500. The molecule has 0 aromatic heterocycles. The number of hydrogen-bond donors (Lipinski definition) is 1. The highest BCUT2D eigenvalue weighted by atomic mass is 32.2. The lowest BCUT2D eigenvalue weighted by atomic mass is 9.97. The third-order valence-electron chi connectivity index (χ3n) is 2.44. The molecule has 0 fully saturated rings. The Kier molecular flexibility index (Phi) is 5.05. The number of aryl methyl sites for hydroxylation is 1. The molecular weight excluding hydrogens is 192 g/mol. The zero-order valence-electron chi connectivity index (χ0n) is 8.86. The van der Waals surface area contributed by atoms with Crippen LogP contribution in [0.3, 0.4) is 0 Å². The van der Waals surface area contributed by atoms with Gasteiger partial charge in [0, 0.05) is 12.5 Å². The number of aliphatic hydroxyl groups is 1. The van der Waals surface area contributed by atoms with Crippen LogP contribution in [0.25, 0.3) is 0 Å². The van der Waals surface area contributed by atoms with Crippen LogP contribution >= 0.6 is 11.8 Å². The minimum absolute atomic E-state index is 0.254. The van der Waals surface area contributed by atoms with Crippen molar-refractivity contribution in [2.75, 3.05) is 18.6 Å². The van der Waals surface area contributed by atoms with E-state index in [-0.39, 0.29) is 6.61 Å². The van der Waals surface area contributed by atoms with Gasteiger partial charge in [0.2, 0.25) is 0 Å². The van der Waals surface area contributed by atoms with Gasteiger partial charge in [-0.15, -0.1) is 0 Å². The fourth-order valence-corrected chi connectivity index (χ4v) is 1.98. The summed E-state index contributed by atoms with van der Waals surface area (Å²) in [6.07, 6.45) is 3.16. The molecule has 1 rings (SSSR count). The molecule has 2 heteroatoms. The Hall–Kier alpha value is -0.470. The van der Waals surface area contributed by atoms with E-state index in [2.05, 4.69) is 37.4 Å². The van der Waals surface area contributed by atoms with E-state index in [0.29, 0.717) is 5.92 Å². The predicted octanol–water partition coefficient (Wildman–Crippen LogP) is 2.82. The zero-order chi connectivity index (χ0) is 10.4. The number of rotatable bonds is 5. The van der Waals surface area contributed by atoms with Gasteiger partial charge in [-0.2, -0.15) is 11.8 Å². The first-order valence-corrected chi connectivity index (χ1v) is 6.33. The van der Waals surface area contributed by atoms with Crippen molar-refractivity contribution in [3.05, 3.63) is 35.4 Å². The SMILES string of the molecule is CSCCC(CO)c1ccc(C)cc1. The van der Waals surface area contributed by atoms with Gasteiger partial charge in [-0.25, -0.2) is 0 Å². The molecule has 0 bridgehead atoms. The van der Waals surface area contributed by atoms with E-state index >= 15 is 0 Å². The second-order valence-corrected chi connectivity index (χ2v) is 4.56. The molecular formula is C12H18OS. The normalized spacial score (nSPS) is 12.8. The maximum Gasteiger partial charge on any atom is 0.0500 e. The average molecular weight is 210 g/mol. The summed E-state index contributed by atoms with van der Waals surface area (Å²) in [7, 11) is 0. The standard InChI is InChI=1S/C12H18OS/c1-10-3-5-11(6-4-10)12(9-13)7-8-14-2/h3-6,12-13H,7-9H2,1-2H3. The maximum atomic E-state index is 9.27. The molecule has 0 aliphatic carbocycles. The largest absolute Gasteiger partial charge is 0.396 e. The van der Waals surface area contributed by atoms with E-state index in [9.17, 15) is 5.11 Å². The van der Waals surface area contributed by atoms with Crippen LogP contribution in [0.2, 0.25) is 0 Å². The highest BCUT2D eigenvalue weighted by Crippen LogP contribution is 2.21. The quantitative estimate of drug-likeness (QED) is 0.806. The van der Waals surface area contributed by atoms with Crippen LogP contribution in [0.5, 0.6) is 0 Å². The third-order valence-corrected chi connectivity index (χ3v) is 3.08. The van der Waals surface area contributed by atoms with Gasteiger partial charge in [0.25, 0.3) is 0 Å². The van der Waals surface area contributed by atoms with Crippen molar-refractivity contribution in [3.63, 3.8) is 0 Å². The second kappa shape index (κ2) is 6.10. The van der Waals surface area contributed by atoms with Crippen molar-refractivity contribution in [2.45, 2.75) is 19.3 Å². The maximum absolute atomic E-state index is 9.27. The smallest absolute Gasteiger partial charge is 0.0500 e. The van der Waals surface area contributed by atoms with E-state index in [1.165, 1.54) is 11.1 Å². The summed E-state index contributed by atoms with van der Waals surface area (Å²) < 4.78 is 0. The van der Waals surface area contributed by atoms with Crippen molar-refractivity contribution >= 4 is 11.8 Å². The topological polar surface area (TPSA) is 20.2 Å². The van der Waals surface area contributed by atoms with E-state index in [0.717, 1.165) is 12.2 Å². The molecule has 1 unspecified atom stereocenters. The average Bonchev–Trinajstić information content (AvgIpc) is 2.21. The Morgan fingerprint density at radius 3 is 2.43 bits per heavy atom. The van der Waals surface area contributed by atoms with E-state index in [1.807, 2.05) is 11.8 Å². The first-order chi connectivity index (χ1) is 6.77. The van der Waals surface area contributed by atoms with E-state index < -0.39 is 0 Å². The van der Waals surface area contributed by atoms with Gasteiger partial charge >= 0.3 is 0 Å². The number of hydrogen-bond acceptors (Lipinski definition) is 2. The summed E-state index contributed by atoms with van der Waals surface area (Å²) in [4.78, 5) is 0. The van der Waals surface area contributed by atoms with Crippen molar-refractivity contribution in [2.24, 2.45) is 0 Å². The molecule has 0 saturated carbocycles. The Balaban J connectivity index is 2.64. The lowest BCUT2D eigenvalue weighted by Crippen LogP contribution is -2.05. The molecule has 1 atom stereocenters. The lowest BCUT2D eigenvalue weighted by Gasteiger charge is -2.13. The molecule has 0 aliphatic heterocycles. The van der Waals surface area contributed by atoms with Crippen LogP contribution in [0.4, 0.5) is 0 Å². The minimum Gasteiger partial charge on any atom is -0.396 e. The van der Waals surface area contributed by atoms with Gasteiger partial charge in [0.05, 0.1) is 0 Å². The van der Waals surface area contributed by atoms with Gasteiger partial charge in [-0.3, -0.25) is 0 Å². The number of benzene rings is 1. The van der Waals surface area contributed by atoms with E-state index in [4.69, 9.17) is 0 Å². The van der Waals surface area contributed by atoms with Crippen LogP contribution in [0, 0.1) is 6.92 Å². The molecule has 1 N–H and O–H groups in total. The summed E-state index contributed by atoms with van der Waals surface area (Å²) in [5.41, 5.74) is 2.53. The molecule has 0 spiro atoms. The number of aliphatic hydroxyl groups excluding tert-OH is 1. The third kappa shape index (κ3) is 3.35. The molecule has 1 aromatic carbocycles. The molecule has 78 valence electrons. The Morgan fingerprint density at radius 1 is 1.29 bits per heavy atom. The van der Waals surface area contributed by atoms with Gasteiger partial charge in [0.1, 0.15) is 0 Å². The van der Waals surface area contributed by atoms with Crippen molar-refractivity contribution in [1.82, 2.24) is 0 Å². The molecule has 0 aliphatic rings. The first-order valence-electron chi connectivity index (χ1n) is 4.94. The van der Waals surface area contributed by atoms with Crippen LogP contribution in [0.15, 0.2) is 24.3 Å². The number of thioether (sulfide) groups is 1. The minimum atomic E-state index is 0.254. The van der Waals surface area contributed by atoms with Crippen molar-refractivity contribution in [3.8, 4) is 0 Å². The van der Waals surface area contributed by atoms with Crippen molar-refractivity contribution in [1.29, 1.82) is 0 Å². The Bertz CT molecular complexity index is 256. The molecule has 0 amide bonds. The molecule has 1 aromatic rings. The molecule has 0 radical (unpaired) electrons. The monoisotopic (exact) mass is 210 g/mol. The van der Waals surface area contributed by atoms with Gasteiger partial charge in [-0.05, 0) is 30.9 Å². The van der Waals surface area contributed by atoms with Crippen LogP contribution < -0.4 is 0 Å².